The van der Waals surface area contributed by atoms with E-state index in [1.54, 1.807) is 0 Å². The van der Waals surface area contributed by atoms with E-state index in [-0.39, 0.29) is 29.2 Å². The van der Waals surface area contributed by atoms with Gasteiger partial charge < -0.3 is 0 Å². The van der Waals surface area contributed by atoms with Crippen LogP contribution in [0.1, 0.15) is 70.6 Å². The van der Waals surface area contributed by atoms with Crippen LogP contribution in [0.5, 0.6) is 0 Å². The second-order valence-corrected chi connectivity index (χ2v) is 7.29. The summed E-state index contributed by atoms with van der Waals surface area (Å²) < 4.78 is 0. The molecule has 0 amide bonds. The van der Waals surface area contributed by atoms with Crippen molar-refractivity contribution in [3.63, 3.8) is 0 Å². The van der Waals surface area contributed by atoms with Crippen molar-refractivity contribution in [3.05, 3.63) is 0 Å². The van der Waals surface area contributed by atoms with Gasteiger partial charge in [0.05, 0.1) is 0 Å². The van der Waals surface area contributed by atoms with Crippen LogP contribution in [0.2, 0.25) is 0 Å². The summed E-state index contributed by atoms with van der Waals surface area (Å²) in [6.07, 6.45) is 10.3. The highest BCUT2D eigenvalue weighted by Crippen LogP contribution is 2.44. The van der Waals surface area contributed by atoms with Gasteiger partial charge in [-0.2, -0.15) is 0 Å². The third kappa shape index (κ3) is 3.12. The summed E-state index contributed by atoms with van der Waals surface area (Å²) in [6.45, 7) is 0. The summed E-state index contributed by atoms with van der Waals surface area (Å²) in [5.41, 5.74) is 0. The maximum absolute atomic E-state index is 12.7. The van der Waals surface area contributed by atoms with Crippen LogP contribution in [0.4, 0.5) is 0 Å². The van der Waals surface area contributed by atoms with E-state index < -0.39 is 0 Å². The van der Waals surface area contributed by atoms with Crippen LogP contribution in [-0.4, -0.2) is 17.3 Å². The van der Waals surface area contributed by atoms with Gasteiger partial charge in [-0.05, 0) is 37.5 Å². The molecule has 0 N–H and O–H groups in total. The number of carbonyl (C=O) groups excluding carboxylic acids is 3. The topological polar surface area (TPSA) is 51.2 Å². The zero-order valence-electron chi connectivity index (χ0n) is 12.8. The van der Waals surface area contributed by atoms with Crippen molar-refractivity contribution in [1.82, 2.24) is 0 Å². The van der Waals surface area contributed by atoms with Gasteiger partial charge in [-0.3, -0.25) is 14.4 Å². The monoisotopic (exact) mass is 290 g/mol. The normalized spacial score (nSPS) is 34.3. The summed E-state index contributed by atoms with van der Waals surface area (Å²) in [4.78, 5) is 36.5. The molecule has 3 aliphatic carbocycles. The van der Waals surface area contributed by atoms with Gasteiger partial charge in [0.2, 0.25) is 11.6 Å². The molecule has 3 aliphatic rings. The number of hydrogen-bond acceptors (Lipinski definition) is 3. The molecule has 0 radical (unpaired) electrons. The van der Waals surface area contributed by atoms with Crippen LogP contribution in [0.25, 0.3) is 0 Å². The molecule has 3 saturated carbocycles. The highest BCUT2D eigenvalue weighted by Gasteiger charge is 2.42. The first-order valence-electron chi connectivity index (χ1n) is 8.76. The third-order valence-corrected chi connectivity index (χ3v) is 6.07. The average Bonchev–Trinajstić information content (AvgIpc) is 2.53. The minimum absolute atomic E-state index is 0.00539. The van der Waals surface area contributed by atoms with Gasteiger partial charge in [0.1, 0.15) is 5.78 Å². The summed E-state index contributed by atoms with van der Waals surface area (Å²) >= 11 is 0. The molecule has 0 aromatic carbocycles. The molecule has 3 atom stereocenters. The fourth-order valence-electron chi connectivity index (χ4n) is 4.85. The molecule has 3 fully saturated rings. The molecule has 3 unspecified atom stereocenters. The van der Waals surface area contributed by atoms with Crippen molar-refractivity contribution in [2.75, 3.05) is 0 Å². The lowest BCUT2D eigenvalue weighted by Crippen LogP contribution is -2.40. The quantitative estimate of drug-likeness (QED) is 0.748. The SMILES string of the molecule is O=C1CCC(C(=O)C(=O)C2CCCC3CCCCC32)CC1. The maximum Gasteiger partial charge on any atom is 0.202 e. The van der Waals surface area contributed by atoms with E-state index in [9.17, 15) is 14.4 Å². The molecule has 3 heteroatoms. The average molecular weight is 290 g/mol. The van der Waals surface area contributed by atoms with E-state index in [0.717, 1.165) is 19.3 Å². The number of Topliss-reactive ketones (excluding diaryl/α,β-unsaturated/α-hetero) is 3. The van der Waals surface area contributed by atoms with Gasteiger partial charge in [-0.25, -0.2) is 0 Å². The first kappa shape index (κ1) is 14.9. The number of carbonyl (C=O) groups is 3. The van der Waals surface area contributed by atoms with Gasteiger partial charge in [0, 0.05) is 24.7 Å². The van der Waals surface area contributed by atoms with Gasteiger partial charge in [-0.15, -0.1) is 0 Å². The second-order valence-electron chi connectivity index (χ2n) is 7.29. The standard InChI is InChI=1S/C18H26O3/c19-14-10-8-13(9-11-14)17(20)18(21)16-7-3-5-12-4-1-2-6-15(12)16/h12-13,15-16H,1-11H2. The van der Waals surface area contributed by atoms with Crippen LogP contribution in [-0.2, 0) is 14.4 Å². The molecular formula is C18H26O3. The third-order valence-electron chi connectivity index (χ3n) is 6.07. The Morgan fingerprint density at radius 3 is 2.19 bits per heavy atom. The van der Waals surface area contributed by atoms with Crippen LogP contribution in [0.15, 0.2) is 0 Å². The second kappa shape index (κ2) is 6.41. The molecule has 0 saturated heterocycles. The number of fused-ring (bicyclic) bond motifs is 1. The lowest BCUT2D eigenvalue weighted by Gasteiger charge is -2.40. The minimum Gasteiger partial charge on any atom is -0.300 e. The van der Waals surface area contributed by atoms with E-state index in [4.69, 9.17) is 0 Å². The Morgan fingerprint density at radius 1 is 0.762 bits per heavy atom. The van der Waals surface area contributed by atoms with Gasteiger partial charge in [-0.1, -0.05) is 32.1 Å². The molecule has 0 heterocycles. The Labute approximate surface area is 126 Å². The van der Waals surface area contributed by atoms with Gasteiger partial charge >= 0.3 is 0 Å². The summed E-state index contributed by atoms with van der Waals surface area (Å²) in [6, 6.07) is 0. The van der Waals surface area contributed by atoms with E-state index in [1.165, 1.54) is 25.7 Å². The van der Waals surface area contributed by atoms with Crippen molar-refractivity contribution < 1.29 is 14.4 Å². The Hall–Kier alpha value is -0.990. The fraction of sp³-hybridized carbons (Fsp3) is 0.833. The molecule has 3 nitrogen and oxygen atoms in total. The van der Waals surface area contributed by atoms with Gasteiger partial charge in [0.25, 0.3) is 0 Å². The maximum atomic E-state index is 12.7. The highest BCUT2D eigenvalue weighted by molar-refractivity contribution is 6.38. The lowest BCUT2D eigenvalue weighted by molar-refractivity contribution is -0.145. The molecule has 0 aliphatic heterocycles. The van der Waals surface area contributed by atoms with E-state index in [0.29, 0.717) is 37.5 Å². The van der Waals surface area contributed by atoms with Crippen molar-refractivity contribution in [2.24, 2.45) is 23.7 Å². The minimum atomic E-state index is -0.167. The van der Waals surface area contributed by atoms with Crippen LogP contribution >= 0.6 is 0 Å². The Bertz CT molecular complexity index is 428. The predicted octanol–water partition coefficient (Wildman–Crippen LogP) is 3.49. The van der Waals surface area contributed by atoms with E-state index >= 15 is 0 Å². The molecule has 0 bridgehead atoms. The molecule has 21 heavy (non-hydrogen) atoms. The van der Waals surface area contributed by atoms with Crippen molar-refractivity contribution >= 4 is 17.3 Å². The summed E-state index contributed by atoms with van der Waals surface area (Å²) in [7, 11) is 0. The fourth-order valence-corrected chi connectivity index (χ4v) is 4.85. The Balaban J connectivity index is 1.65. The summed E-state index contributed by atoms with van der Waals surface area (Å²) in [5, 5.41) is 0. The van der Waals surface area contributed by atoms with E-state index in [2.05, 4.69) is 0 Å². The lowest BCUT2D eigenvalue weighted by atomic mass is 9.63. The first-order chi connectivity index (χ1) is 10.2. The molecular weight excluding hydrogens is 264 g/mol. The first-order valence-corrected chi connectivity index (χ1v) is 8.76. The number of ketones is 3. The zero-order valence-corrected chi connectivity index (χ0v) is 12.8. The van der Waals surface area contributed by atoms with Crippen molar-refractivity contribution in [3.8, 4) is 0 Å². The molecule has 3 rings (SSSR count). The van der Waals surface area contributed by atoms with Crippen LogP contribution in [0.3, 0.4) is 0 Å². The largest absolute Gasteiger partial charge is 0.300 e. The molecule has 0 spiro atoms. The van der Waals surface area contributed by atoms with Crippen molar-refractivity contribution in [1.29, 1.82) is 0 Å². The van der Waals surface area contributed by atoms with Crippen LogP contribution in [0, 0.1) is 23.7 Å². The molecule has 0 aromatic heterocycles. The van der Waals surface area contributed by atoms with Crippen LogP contribution < -0.4 is 0 Å². The number of hydrogen-bond donors (Lipinski definition) is 0. The Kier molecular flexibility index (Phi) is 4.56. The predicted molar refractivity (Wildman–Crippen MR) is 79.8 cm³/mol. The highest BCUT2D eigenvalue weighted by atomic mass is 16.2. The molecule has 0 aromatic rings. The summed E-state index contributed by atoms with van der Waals surface area (Å²) in [5.74, 6) is 0.978. The van der Waals surface area contributed by atoms with Crippen molar-refractivity contribution in [2.45, 2.75) is 70.6 Å². The Morgan fingerprint density at radius 2 is 1.43 bits per heavy atom. The smallest absolute Gasteiger partial charge is 0.202 e. The number of rotatable bonds is 3. The molecule has 116 valence electrons. The van der Waals surface area contributed by atoms with E-state index in [1.807, 2.05) is 0 Å². The van der Waals surface area contributed by atoms with Gasteiger partial charge in [0.15, 0.2) is 0 Å². The zero-order chi connectivity index (χ0) is 14.8.